The Hall–Kier alpha value is -0.610. The molecule has 3 N–H and O–H groups in total. The quantitative estimate of drug-likeness (QED) is 0.702. The van der Waals surface area contributed by atoms with Crippen molar-refractivity contribution in [3.8, 4) is 0 Å². The lowest BCUT2D eigenvalue weighted by atomic mass is 10.1. The number of nitrogens with one attached hydrogen (secondary N) is 1. The average molecular weight is 278 g/mol. The molecule has 0 bridgehead atoms. The summed E-state index contributed by atoms with van der Waals surface area (Å²) in [7, 11) is 3.25. The Morgan fingerprint density at radius 3 is 2.00 bits per heavy atom. The SMILES string of the molecule is CCCCCCCCC(N)=O.COC.C[C@H]1CCN1.[HH].[HH]. The Labute approximate surface area is 122 Å². The molecule has 1 saturated heterocycles. The van der Waals surface area contributed by atoms with E-state index < -0.39 is 0 Å². The maximum Gasteiger partial charge on any atom is 0.217 e. The maximum atomic E-state index is 10.3. The number of amides is 1. The summed E-state index contributed by atoms with van der Waals surface area (Å²) >= 11 is 0. The highest BCUT2D eigenvalue weighted by molar-refractivity contribution is 5.73. The highest BCUT2D eigenvalue weighted by Crippen LogP contribution is 2.06. The van der Waals surface area contributed by atoms with Crippen LogP contribution in [0.1, 0.15) is 68.1 Å². The summed E-state index contributed by atoms with van der Waals surface area (Å²) in [5, 5.41) is 3.21. The molecule has 1 amide bonds. The fourth-order valence-electron chi connectivity index (χ4n) is 1.51. The van der Waals surface area contributed by atoms with Gasteiger partial charge in [0.1, 0.15) is 0 Å². The van der Waals surface area contributed by atoms with Crippen LogP contribution in [0, 0.1) is 0 Å². The normalized spacial score (nSPS) is 16.3. The molecule has 1 heterocycles. The van der Waals surface area contributed by atoms with E-state index in [0.29, 0.717) is 6.42 Å². The second-order valence-corrected chi connectivity index (χ2v) is 5.04. The van der Waals surface area contributed by atoms with Crippen LogP contribution in [0.3, 0.4) is 0 Å². The zero-order valence-corrected chi connectivity index (χ0v) is 13.3. The Kier molecular flexibility index (Phi) is 18.9. The monoisotopic (exact) mass is 278 g/mol. The van der Waals surface area contributed by atoms with Crippen LogP contribution in [0.2, 0.25) is 0 Å². The number of ether oxygens (including phenoxy) is 1. The molecule has 0 aromatic heterocycles. The van der Waals surface area contributed by atoms with Gasteiger partial charge in [-0.1, -0.05) is 39.0 Å². The smallest absolute Gasteiger partial charge is 0.217 e. The van der Waals surface area contributed by atoms with Crippen LogP contribution in [0.5, 0.6) is 0 Å². The lowest BCUT2D eigenvalue weighted by Crippen LogP contribution is -2.39. The Morgan fingerprint density at radius 1 is 1.26 bits per heavy atom. The van der Waals surface area contributed by atoms with E-state index in [-0.39, 0.29) is 8.76 Å². The van der Waals surface area contributed by atoms with Gasteiger partial charge in [0.15, 0.2) is 0 Å². The third-order valence-corrected chi connectivity index (χ3v) is 2.85. The van der Waals surface area contributed by atoms with Crippen LogP contribution < -0.4 is 11.1 Å². The summed E-state index contributed by atoms with van der Waals surface area (Å²) < 4.78 is 4.25. The molecule has 0 unspecified atom stereocenters. The fourth-order valence-corrected chi connectivity index (χ4v) is 1.51. The van der Waals surface area contributed by atoms with Gasteiger partial charge in [-0.25, -0.2) is 0 Å². The molecule has 120 valence electrons. The summed E-state index contributed by atoms with van der Waals surface area (Å²) in [6.45, 7) is 5.63. The van der Waals surface area contributed by atoms with E-state index in [1.165, 1.54) is 38.6 Å². The van der Waals surface area contributed by atoms with Gasteiger partial charge < -0.3 is 15.8 Å². The van der Waals surface area contributed by atoms with Crippen molar-refractivity contribution in [2.45, 2.75) is 71.3 Å². The summed E-state index contributed by atoms with van der Waals surface area (Å²) in [4.78, 5) is 10.3. The zero-order valence-electron chi connectivity index (χ0n) is 13.3. The molecule has 0 aromatic carbocycles. The van der Waals surface area contributed by atoms with Crippen LogP contribution in [-0.2, 0) is 9.53 Å². The molecule has 0 saturated carbocycles. The number of unbranched alkanes of at least 4 members (excludes halogenated alkanes) is 5. The third-order valence-electron chi connectivity index (χ3n) is 2.85. The first kappa shape index (κ1) is 20.7. The van der Waals surface area contributed by atoms with Gasteiger partial charge in [-0.2, -0.15) is 0 Å². The number of hydrogen-bond acceptors (Lipinski definition) is 3. The first-order valence-electron chi connectivity index (χ1n) is 7.50. The largest absolute Gasteiger partial charge is 0.388 e. The predicted octanol–water partition coefficient (Wildman–Crippen LogP) is 3.35. The fraction of sp³-hybridized carbons (Fsp3) is 0.933. The minimum atomic E-state index is -0.166. The lowest BCUT2D eigenvalue weighted by Gasteiger charge is -2.22. The number of primary amides is 1. The predicted molar refractivity (Wildman–Crippen MR) is 86.4 cm³/mol. The molecule has 0 aromatic rings. The van der Waals surface area contributed by atoms with Crippen LogP contribution >= 0.6 is 0 Å². The highest BCUT2D eigenvalue weighted by Gasteiger charge is 2.07. The van der Waals surface area contributed by atoms with Crippen LogP contribution in [0.25, 0.3) is 0 Å². The topological polar surface area (TPSA) is 64.4 Å². The van der Waals surface area contributed by atoms with Crippen molar-refractivity contribution in [3.05, 3.63) is 0 Å². The van der Waals surface area contributed by atoms with E-state index in [2.05, 4.69) is 23.9 Å². The van der Waals surface area contributed by atoms with Gasteiger partial charge in [0, 0.05) is 29.5 Å². The van der Waals surface area contributed by atoms with Crippen molar-refractivity contribution in [1.82, 2.24) is 5.32 Å². The maximum absolute atomic E-state index is 10.3. The van der Waals surface area contributed by atoms with Gasteiger partial charge in [-0.3, -0.25) is 4.79 Å². The first-order chi connectivity index (χ1) is 9.08. The number of hydrogen-bond donors (Lipinski definition) is 2. The number of methoxy groups -OCH3 is 1. The number of rotatable bonds is 7. The molecule has 1 aliphatic heterocycles. The van der Waals surface area contributed by atoms with E-state index in [1.54, 1.807) is 14.2 Å². The van der Waals surface area contributed by atoms with Gasteiger partial charge in [-0.15, -0.1) is 0 Å². The van der Waals surface area contributed by atoms with E-state index in [9.17, 15) is 4.79 Å². The van der Waals surface area contributed by atoms with E-state index in [1.807, 2.05) is 0 Å². The van der Waals surface area contributed by atoms with E-state index in [0.717, 1.165) is 18.9 Å². The molecule has 4 heteroatoms. The minimum absolute atomic E-state index is 0. The van der Waals surface area contributed by atoms with Crippen LogP contribution in [0.4, 0.5) is 0 Å². The van der Waals surface area contributed by atoms with Gasteiger partial charge in [0.05, 0.1) is 0 Å². The summed E-state index contributed by atoms with van der Waals surface area (Å²) in [6, 6.07) is 0.815. The zero-order chi connectivity index (χ0) is 14.9. The van der Waals surface area contributed by atoms with Crippen molar-refractivity contribution < 1.29 is 12.4 Å². The highest BCUT2D eigenvalue weighted by atomic mass is 16.4. The molecule has 0 radical (unpaired) electrons. The molecule has 1 atom stereocenters. The molecule has 0 spiro atoms. The molecule has 4 nitrogen and oxygen atoms in total. The summed E-state index contributed by atoms with van der Waals surface area (Å²) in [5.41, 5.74) is 4.99. The van der Waals surface area contributed by atoms with Gasteiger partial charge >= 0.3 is 0 Å². The van der Waals surface area contributed by atoms with Gasteiger partial charge in [0.25, 0.3) is 0 Å². The number of carbonyl (C=O) groups excluding carboxylic acids is 1. The van der Waals surface area contributed by atoms with Crippen molar-refractivity contribution in [3.63, 3.8) is 0 Å². The molecule has 0 aliphatic carbocycles. The number of nitrogens with two attached hydrogens (primary N) is 1. The van der Waals surface area contributed by atoms with Crippen molar-refractivity contribution in [1.29, 1.82) is 0 Å². The summed E-state index contributed by atoms with van der Waals surface area (Å²) in [5.74, 6) is -0.166. The third kappa shape index (κ3) is 23.0. The Balaban J connectivity index is -0.000000121. The van der Waals surface area contributed by atoms with Gasteiger partial charge in [-0.05, 0) is 26.3 Å². The lowest BCUT2D eigenvalue weighted by molar-refractivity contribution is -0.118. The standard InChI is InChI=1S/C9H19NO.C4H9N.C2H6O.2H2/c1-2-3-4-5-6-7-8-9(10)11;1-4-2-3-5-4;1-3-2;;/h2-8H2,1H3,(H2,10,11);4-5H,2-3H2,1H3;1-2H3;2*1H/t;4-;;;/m.0.../s1. The molecule has 1 aliphatic rings. The van der Waals surface area contributed by atoms with Crippen molar-refractivity contribution in [2.24, 2.45) is 5.73 Å². The molecular formula is C15H38N2O2. The van der Waals surface area contributed by atoms with Crippen molar-refractivity contribution in [2.75, 3.05) is 20.8 Å². The second kappa shape index (κ2) is 17.4. The average Bonchev–Trinajstić information content (AvgIpc) is 2.32. The summed E-state index contributed by atoms with van der Waals surface area (Å²) in [6.07, 6.45) is 9.21. The second-order valence-electron chi connectivity index (χ2n) is 5.04. The Bertz CT molecular complexity index is 193. The van der Waals surface area contributed by atoms with Crippen LogP contribution in [-0.4, -0.2) is 32.7 Å². The molecular weight excluding hydrogens is 240 g/mol. The number of carbonyl (C=O) groups is 1. The Morgan fingerprint density at radius 2 is 1.68 bits per heavy atom. The van der Waals surface area contributed by atoms with Gasteiger partial charge in [0.2, 0.25) is 5.91 Å². The van der Waals surface area contributed by atoms with Crippen molar-refractivity contribution >= 4 is 5.91 Å². The first-order valence-corrected chi connectivity index (χ1v) is 7.50. The minimum Gasteiger partial charge on any atom is -0.388 e. The van der Waals surface area contributed by atoms with E-state index >= 15 is 0 Å². The molecule has 19 heavy (non-hydrogen) atoms. The molecule has 1 fully saturated rings. The van der Waals surface area contributed by atoms with E-state index in [4.69, 9.17) is 5.73 Å². The van der Waals surface area contributed by atoms with Crippen LogP contribution in [0.15, 0.2) is 0 Å². The molecule has 1 rings (SSSR count).